The largest absolute Gasteiger partial charge is 1.00 e. The fourth-order valence-electron chi connectivity index (χ4n) is 0. The molecule has 0 spiro atoms. The quantitative estimate of drug-likeness (QED) is 0.257. The van der Waals surface area contributed by atoms with E-state index in [1.807, 2.05) is 0 Å². The summed E-state index contributed by atoms with van der Waals surface area (Å²) >= 11 is 0. The molecule has 0 rings (SSSR count). The Morgan fingerprint density at radius 1 is 1.60 bits per heavy atom. The summed E-state index contributed by atoms with van der Waals surface area (Å²) in [6.07, 6.45) is 0.750. The Labute approximate surface area is 119 Å². The van der Waals surface area contributed by atoms with Gasteiger partial charge in [-0.05, 0) is 0 Å². The zero-order valence-electron chi connectivity index (χ0n) is 5.39. The van der Waals surface area contributed by atoms with Crippen LogP contribution in [0.1, 0.15) is 2.85 Å². The number of aliphatic hydroxyl groups is 1. The van der Waals surface area contributed by atoms with Crippen molar-refractivity contribution < 1.29 is 111 Å². The second-order valence-electron chi connectivity index (χ2n) is 0.100. The minimum Gasteiger partial charge on any atom is -1.00 e. The molecule has 0 saturated carbocycles. The molecule has 0 radical (unpaired) electrons. The first-order valence-corrected chi connectivity index (χ1v) is 0.447. The molecule has 0 bridgehead atoms. The summed E-state index contributed by atoms with van der Waals surface area (Å²) in [7, 11) is 0. The monoisotopic (exact) mass is 123 g/mol. The molecule has 0 unspecified atom stereocenters. The van der Waals surface area contributed by atoms with Crippen LogP contribution in [-0.4, -0.2) is 5.11 Å². The van der Waals surface area contributed by atoms with E-state index in [2.05, 4.69) is 0 Å². The van der Waals surface area contributed by atoms with Crippen molar-refractivity contribution in [2.24, 2.45) is 0 Å². The van der Waals surface area contributed by atoms with Gasteiger partial charge in [-0.1, -0.05) is 0 Å². The van der Waals surface area contributed by atoms with Crippen LogP contribution in [0.25, 0.3) is 0 Å². The third kappa shape index (κ3) is 20.8. The Morgan fingerprint density at radius 2 is 1.60 bits per heavy atom. The van der Waals surface area contributed by atoms with Crippen molar-refractivity contribution in [1.82, 2.24) is 0 Å². The molecular formula is CH3K2NO. The van der Waals surface area contributed by atoms with E-state index in [0.717, 1.165) is 6.26 Å². The molecule has 0 aliphatic carbocycles. The van der Waals surface area contributed by atoms with E-state index in [4.69, 9.17) is 10.4 Å². The molecule has 0 amide bonds. The molecule has 1 N–H and O–H groups in total. The van der Waals surface area contributed by atoms with Gasteiger partial charge >= 0.3 is 103 Å². The van der Waals surface area contributed by atoms with Crippen LogP contribution in [0.2, 0.25) is 0 Å². The van der Waals surface area contributed by atoms with Gasteiger partial charge in [-0.25, -0.2) is 0 Å². The van der Waals surface area contributed by atoms with Gasteiger partial charge < -0.3 is 7.96 Å². The van der Waals surface area contributed by atoms with E-state index in [1.165, 1.54) is 0 Å². The average molecular weight is 123 g/mol. The summed E-state index contributed by atoms with van der Waals surface area (Å²) in [5.74, 6) is 0. The Kier molecular flexibility index (Phi) is 50.1. The zero-order valence-corrected chi connectivity index (χ0v) is 9.64. The van der Waals surface area contributed by atoms with Crippen molar-refractivity contribution >= 4 is 0 Å². The fraction of sp³-hybridized carbons (Fsp3) is 0. The van der Waals surface area contributed by atoms with Crippen molar-refractivity contribution in [3.05, 3.63) is 0 Å². The molecule has 0 aromatic rings. The summed E-state index contributed by atoms with van der Waals surface area (Å²) < 4.78 is 0. The standard InChI is InChI=1S/CHNO.2K.2H/c2-1-3;;;;/h3H;;;;/q;2*+1;2*-1. The van der Waals surface area contributed by atoms with E-state index in [1.54, 1.807) is 0 Å². The van der Waals surface area contributed by atoms with E-state index in [0.29, 0.717) is 0 Å². The first-order valence-electron chi connectivity index (χ1n) is 0.447. The molecule has 5 heavy (non-hydrogen) atoms. The molecule has 0 heterocycles. The molecule has 0 atom stereocenters. The van der Waals surface area contributed by atoms with Crippen molar-refractivity contribution in [2.45, 2.75) is 0 Å². The van der Waals surface area contributed by atoms with Crippen molar-refractivity contribution in [2.75, 3.05) is 0 Å². The number of nitrogens with zero attached hydrogens (tertiary/aromatic N) is 1. The van der Waals surface area contributed by atoms with Crippen LogP contribution in [0.3, 0.4) is 0 Å². The van der Waals surface area contributed by atoms with Crippen LogP contribution < -0.4 is 103 Å². The van der Waals surface area contributed by atoms with Crippen LogP contribution in [0, 0.1) is 11.5 Å². The molecular weight excluding hydrogens is 120 g/mol. The summed E-state index contributed by atoms with van der Waals surface area (Å²) in [5.41, 5.74) is 0. The normalized spacial score (nSPS) is 1.40. The fourth-order valence-corrected chi connectivity index (χ4v) is 0. The molecule has 0 saturated heterocycles. The molecule has 0 aromatic carbocycles. The van der Waals surface area contributed by atoms with Gasteiger partial charge in [0.1, 0.15) is 0 Å². The Hall–Kier alpha value is 2.56. The summed E-state index contributed by atoms with van der Waals surface area (Å²) in [6, 6.07) is 0. The van der Waals surface area contributed by atoms with Gasteiger partial charge in [-0.3, -0.25) is 0 Å². The van der Waals surface area contributed by atoms with Crippen molar-refractivity contribution in [3.63, 3.8) is 0 Å². The summed E-state index contributed by atoms with van der Waals surface area (Å²) in [4.78, 5) is 0. The van der Waals surface area contributed by atoms with E-state index in [-0.39, 0.29) is 106 Å². The molecule has 2 nitrogen and oxygen atoms in total. The predicted molar refractivity (Wildman–Crippen MR) is 9.77 cm³/mol. The van der Waals surface area contributed by atoms with Crippen LogP contribution >= 0.6 is 0 Å². The second kappa shape index (κ2) is 16.0. The van der Waals surface area contributed by atoms with Gasteiger partial charge in [-0.2, -0.15) is 5.26 Å². The van der Waals surface area contributed by atoms with Crippen LogP contribution in [0.4, 0.5) is 0 Å². The molecule has 4 heteroatoms. The number of aliphatic hydroxyl groups excluding tert-OH is 1. The van der Waals surface area contributed by atoms with Crippen molar-refractivity contribution in [3.8, 4) is 6.26 Å². The minimum atomic E-state index is 0. The maximum absolute atomic E-state index is 6.88. The van der Waals surface area contributed by atoms with Gasteiger partial charge in [-0.15, -0.1) is 0 Å². The Morgan fingerprint density at radius 3 is 1.60 bits per heavy atom. The number of rotatable bonds is 0. The predicted octanol–water partition coefficient (Wildman–Crippen LogP) is -5.93. The van der Waals surface area contributed by atoms with E-state index in [9.17, 15) is 0 Å². The third-order valence-corrected chi connectivity index (χ3v) is 0. The maximum Gasteiger partial charge on any atom is 1.00 e. The molecule has 0 aliphatic heterocycles. The minimum absolute atomic E-state index is 0. The first-order chi connectivity index (χ1) is 1.41. The smallest absolute Gasteiger partial charge is 1.00 e. The summed E-state index contributed by atoms with van der Waals surface area (Å²) in [6.45, 7) is 0. The van der Waals surface area contributed by atoms with E-state index >= 15 is 0 Å². The SMILES string of the molecule is N#CO.[H-].[H-].[K+].[K+]. The van der Waals surface area contributed by atoms with E-state index < -0.39 is 0 Å². The molecule has 0 fully saturated rings. The number of nitriles is 1. The Bertz CT molecular complexity index is 37.2. The number of hydrogen-bond donors (Lipinski definition) is 1. The van der Waals surface area contributed by atoms with Crippen LogP contribution in [-0.2, 0) is 0 Å². The number of hydrogen-bond acceptors (Lipinski definition) is 2. The first kappa shape index (κ1) is 15.6. The second-order valence-corrected chi connectivity index (χ2v) is 0.100. The van der Waals surface area contributed by atoms with Gasteiger partial charge in [0.25, 0.3) is 6.26 Å². The van der Waals surface area contributed by atoms with Crippen molar-refractivity contribution in [1.29, 1.82) is 5.26 Å². The maximum atomic E-state index is 6.88. The molecule has 0 aliphatic rings. The van der Waals surface area contributed by atoms with Gasteiger partial charge in [0.15, 0.2) is 0 Å². The zero-order chi connectivity index (χ0) is 2.71. The third-order valence-electron chi connectivity index (χ3n) is 0. The topological polar surface area (TPSA) is 44.0 Å². The van der Waals surface area contributed by atoms with Gasteiger partial charge in [0.2, 0.25) is 0 Å². The van der Waals surface area contributed by atoms with Gasteiger partial charge in [0.05, 0.1) is 0 Å². The molecule has 20 valence electrons. The summed E-state index contributed by atoms with van der Waals surface area (Å²) in [5, 5.41) is 13.8. The molecule has 0 aromatic heterocycles. The Balaban J connectivity index is -0.00000000333. The van der Waals surface area contributed by atoms with Crippen LogP contribution in [0.5, 0.6) is 0 Å². The van der Waals surface area contributed by atoms with Gasteiger partial charge in [0, 0.05) is 0 Å². The van der Waals surface area contributed by atoms with Crippen LogP contribution in [0.15, 0.2) is 0 Å². The average Bonchev–Trinajstić information content (AvgIpc) is 0.918.